The highest BCUT2D eigenvalue weighted by Crippen LogP contribution is 2.43. The largest absolute Gasteiger partial charge is 0.472 e. The fraction of sp³-hybridized carbons (Fsp3) is 0.926. The number of hydrogen-bond acceptors (Lipinski definition) is 5. The van der Waals surface area contributed by atoms with Crippen LogP contribution in [0.5, 0.6) is 0 Å². The van der Waals surface area contributed by atoms with Gasteiger partial charge >= 0.3 is 7.82 Å². The van der Waals surface area contributed by atoms with E-state index >= 15 is 0 Å². The van der Waals surface area contributed by atoms with E-state index in [9.17, 15) is 19.4 Å². The summed E-state index contributed by atoms with van der Waals surface area (Å²) < 4.78 is 23.8. The van der Waals surface area contributed by atoms with Crippen LogP contribution in [0, 0.1) is 0 Å². The molecule has 0 bridgehead atoms. The first kappa shape index (κ1) is 76.0. The van der Waals surface area contributed by atoms with Gasteiger partial charge in [-0.2, -0.15) is 0 Å². The molecular formula is C68H136N2O6P+. The van der Waals surface area contributed by atoms with Gasteiger partial charge < -0.3 is 19.8 Å². The van der Waals surface area contributed by atoms with Crippen LogP contribution in [-0.4, -0.2) is 73.4 Å². The molecule has 3 atom stereocenters. The van der Waals surface area contributed by atoms with E-state index in [1.807, 2.05) is 27.2 Å². The number of allylic oxidation sites excluding steroid dienone is 3. The summed E-state index contributed by atoms with van der Waals surface area (Å²) in [5.74, 6) is -0.170. The maximum atomic E-state index is 13.0. The number of rotatable bonds is 64. The second-order valence-corrected chi connectivity index (χ2v) is 26.4. The van der Waals surface area contributed by atoms with Crippen LogP contribution in [0.25, 0.3) is 0 Å². The van der Waals surface area contributed by atoms with Crippen LogP contribution in [0.15, 0.2) is 24.3 Å². The smallest absolute Gasteiger partial charge is 0.387 e. The number of hydrogen-bond donors (Lipinski definition) is 3. The molecule has 0 aromatic heterocycles. The zero-order valence-corrected chi connectivity index (χ0v) is 53.4. The van der Waals surface area contributed by atoms with Gasteiger partial charge in [-0.05, 0) is 44.9 Å². The number of aliphatic hydroxyl groups excluding tert-OH is 1. The molecule has 0 spiro atoms. The highest BCUT2D eigenvalue weighted by atomic mass is 31.2. The standard InChI is InChI=1S/C68H135N2O6P/c1-6-8-10-12-14-16-18-20-22-24-26-28-30-32-33-34-35-36-37-38-40-42-44-46-48-50-52-54-56-58-60-62-68(72)69-66(65-76-77(73,74)75-64-63-70(3,4)5)67(71)61-59-57-55-53-51-49-47-45-43-41-39-31-29-27-25-23-21-19-17-15-13-11-9-7-2/h32-33,59,61,66-67,71H,6-31,34-58,60,62-65H2,1-5H3,(H-,69,72,73,74)/p+1/b33-32-,61-59+. The van der Waals surface area contributed by atoms with E-state index in [2.05, 4.69) is 31.3 Å². The lowest BCUT2D eigenvalue weighted by Crippen LogP contribution is -2.45. The van der Waals surface area contributed by atoms with Crippen molar-refractivity contribution in [2.24, 2.45) is 0 Å². The van der Waals surface area contributed by atoms with Gasteiger partial charge in [0.25, 0.3) is 0 Å². The molecule has 0 aliphatic heterocycles. The molecule has 3 unspecified atom stereocenters. The number of quaternary nitrogens is 1. The zero-order valence-electron chi connectivity index (χ0n) is 52.5. The molecule has 8 nitrogen and oxygen atoms in total. The molecule has 0 rings (SSSR count). The second kappa shape index (κ2) is 59.6. The van der Waals surface area contributed by atoms with Crippen LogP contribution in [0.4, 0.5) is 0 Å². The molecule has 0 saturated heterocycles. The van der Waals surface area contributed by atoms with Crippen LogP contribution in [0.3, 0.4) is 0 Å². The molecule has 0 aliphatic rings. The zero-order chi connectivity index (χ0) is 56.3. The van der Waals surface area contributed by atoms with Crippen LogP contribution >= 0.6 is 7.82 Å². The topological polar surface area (TPSA) is 105 Å². The number of carbonyl (C=O) groups excluding carboxylic acids is 1. The van der Waals surface area contributed by atoms with Gasteiger partial charge in [-0.25, -0.2) is 4.57 Å². The molecular weight excluding hydrogens is 972 g/mol. The third-order valence-electron chi connectivity index (χ3n) is 15.9. The minimum Gasteiger partial charge on any atom is -0.387 e. The number of likely N-dealkylation sites (N-methyl/N-ethyl adjacent to an activating group) is 1. The molecule has 0 fully saturated rings. The number of phosphoric acid groups is 1. The monoisotopic (exact) mass is 1110 g/mol. The first-order chi connectivity index (χ1) is 37.5. The van der Waals surface area contributed by atoms with E-state index in [1.165, 1.54) is 302 Å². The molecule has 0 saturated carbocycles. The maximum absolute atomic E-state index is 13.0. The molecule has 0 aromatic rings. The molecule has 1 amide bonds. The Labute approximate surface area is 481 Å². The Balaban J connectivity index is 4.05. The van der Waals surface area contributed by atoms with Crippen molar-refractivity contribution in [1.29, 1.82) is 0 Å². The van der Waals surface area contributed by atoms with Crippen molar-refractivity contribution in [3.8, 4) is 0 Å². The summed E-state index contributed by atoms with van der Waals surface area (Å²) in [7, 11) is 1.59. The first-order valence-electron chi connectivity index (χ1n) is 34.2. The SMILES string of the molecule is CCCCCCCCCCCCCC/C=C\CCCCCCCCCCCCCCCCCC(=O)NC(COP(=O)(O)OCC[N+](C)(C)C)C(O)/C=C/CCCCCCCCCCCCCCCCCCCCCCCC. The van der Waals surface area contributed by atoms with E-state index in [1.54, 1.807) is 6.08 Å². The fourth-order valence-corrected chi connectivity index (χ4v) is 11.3. The lowest BCUT2D eigenvalue weighted by atomic mass is 10.0. The van der Waals surface area contributed by atoms with Gasteiger partial charge in [0.2, 0.25) is 5.91 Å². The van der Waals surface area contributed by atoms with Gasteiger partial charge in [0.15, 0.2) is 0 Å². The van der Waals surface area contributed by atoms with E-state index in [0.29, 0.717) is 17.4 Å². The third-order valence-corrected chi connectivity index (χ3v) is 16.9. The Morgan fingerprint density at radius 3 is 1.00 bits per heavy atom. The summed E-state index contributed by atoms with van der Waals surface area (Å²) in [6.45, 7) is 4.88. The van der Waals surface area contributed by atoms with Gasteiger partial charge in [0, 0.05) is 6.42 Å². The van der Waals surface area contributed by atoms with Crippen LogP contribution in [0.2, 0.25) is 0 Å². The lowest BCUT2D eigenvalue weighted by molar-refractivity contribution is -0.870. The van der Waals surface area contributed by atoms with Crippen LogP contribution < -0.4 is 5.32 Å². The maximum Gasteiger partial charge on any atom is 0.472 e. The van der Waals surface area contributed by atoms with Gasteiger partial charge in [0.05, 0.1) is 39.9 Å². The van der Waals surface area contributed by atoms with Gasteiger partial charge in [0.1, 0.15) is 13.2 Å². The number of amides is 1. The summed E-state index contributed by atoms with van der Waals surface area (Å²) in [4.78, 5) is 23.4. The minimum absolute atomic E-state index is 0.0640. The van der Waals surface area contributed by atoms with Gasteiger partial charge in [-0.3, -0.25) is 13.8 Å². The van der Waals surface area contributed by atoms with Crippen molar-refractivity contribution >= 4 is 13.7 Å². The molecule has 0 radical (unpaired) electrons. The number of carbonyl (C=O) groups is 1. The highest BCUT2D eigenvalue weighted by molar-refractivity contribution is 7.47. The molecule has 0 heterocycles. The Hall–Kier alpha value is -1.02. The molecule has 0 aromatic carbocycles. The van der Waals surface area contributed by atoms with Crippen LogP contribution in [0.1, 0.15) is 354 Å². The summed E-state index contributed by atoms with van der Waals surface area (Å²) >= 11 is 0. The van der Waals surface area contributed by atoms with Crippen molar-refractivity contribution in [3.05, 3.63) is 24.3 Å². The molecule has 3 N–H and O–H groups in total. The van der Waals surface area contributed by atoms with E-state index in [4.69, 9.17) is 9.05 Å². The van der Waals surface area contributed by atoms with Crippen LogP contribution in [-0.2, 0) is 18.4 Å². The predicted molar refractivity (Wildman–Crippen MR) is 337 cm³/mol. The summed E-state index contributed by atoms with van der Waals surface area (Å²) in [5.41, 5.74) is 0. The molecule has 0 aliphatic carbocycles. The predicted octanol–water partition coefficient (Wildman–Crippen LogP) is 21.5. The molecule has 458 valence electrons. The number of unbranched alkanes of at least 4 members (excludes halogenated alkanes) is 49. The second-order valence-electron chi connectivity index (χ2n) is 24.9. The Morgan fingerprint density at radius 2 is 0.701 bits per heavy atom. The van der Waals surface area contributed by atoms with E-state index in [-0.39, 0.29) is 19.1 Å². The summed E-state index contributed by atoms with van der Waals surface area (Å²) in [6.07, 6.45) is 77.5. The summed E-state index contributed by atoms with van der Waals surface area (Å²) in [6, 6.07) is -0.846. The van der Waals surface area contributed by atoms with Crippen molar-refractivity contribution in [3.63, 3.8) is 0 Å². The number of aliphatic hydroxyl groups is 1. The quantitative estimate of drug-likeness (QED) is 0.0243. The van der Waals surface area contributed by atoms with Crippen molar-refractivity contribution in [2.75, 3.05) is 40.9 Å². The average molecular weight is 1110 g/mol. The Kier molecular flexibility index (Phi) is 58.8. The third kappa shape index (κ3) is 62.4. The number of phosphoric ester groups is 1. The normalized spacial score (nSPS) is 13.8. The van der Waals surface area contributed by atoms with Crippen molar-refractivity contribution in [2.45, 2.75) is 366 Å². The van der Waals surface area contributed by atoms with Crippen molar-refractivity contribution < 1.29 is 32.9 Å². The number of nitrogens with zero attached hydrogens (tertiary/aromatic N) is 1. The lowest BCUT2D eigenvalue weighted by Gasteiger charge is -2.25. The minimum atomic E-state index is -4.35. The van der Waals surface area contributed by atoms with E-state index in [0.717, 1.165) is 32.1 Å². The molecule has 9 heteroatoms. The highest BCUT2D eigenvalue weighted by Gasteiger charge is 2.28. The van der Waals surface area contributed by atoms with Gasteiger partial charge in [-0.1, -0.05) is 327 Å². The van der Waals surface area contributed by atoms with Gasteiger partial charge in [-0.15, -0.1) is 0 Å². The average Bonchev–Trinajstić information content (AvgIpc) is 3.39. The number of nitrogens with one attached hydrogen (secondary N) is 1. The molecule has 77 heavy (non-hydrogen) atoms. The fourth-order valence-electron chi connectivity index (χ4n) is 10.6. The first-order valence-corrected chi connectivity index (χ1v) is 35.7. The summed E-state index contributed by atoms with van der Waals surface area (Å²) in [5, 5.41) is 14.0. The Morgan fingerprint density at radius 1 is 0.429 bits per heavy atom. The van der Waals surface area contributed by atoms with E-state index < -0.39 is 20.0 Å². The van der Waals surface area contributed by atoms with Crippen molar-refractivity contribution in [1.82, 2.24) is 5.32 Å². The Bertz CT molecular complexity index is 1300.